The minimum atomic E-state index is -0.552. The van der Waals surface area contributed by atoms with Gasteiger partial charge in [0.15, 0.2) is 0 Å². The summed E-state index contributed by atoms with van der Waals surface area (Å²) in [6.45, 7) is 7.79. The molecule has 1 heterocycles. The van der Waals surface area contributed by atoms with Crippen molar-refractivity contribution in [1.82, 2.24) is 10.2 Å². The fourth-order valence-corrected chi connectivity index (χ4v) is 3.75. The summed E-state index contributed by atoms with van der Waals surface area (Å²) in [5.74, 6) is 0.792. The second-order valence-corrected chi connectivity index (χ2v) is 7.11. The fraction of sp³-hybridized carbons (Fsp3) is 0.938. The molecule has 2 unspecified atom stereocenters. The van der Waals surface area contributed by atoms with E-state index >= 15 is 0 Å². The number of hydrogen-bond donors (Lipinski definition) is 2. The zero-order chi connectivity index (χ0) is 15.5. The number of nitrogens with two attached hydrogens (primary N) is 1. The van der Waals surface area contributed by atoms with Gasteiger partial charge in [0.05, 0.1) is 6.61 Å². The van der Waals surface area contributed by atoms with Crippen LogP contribution in [0.5, 0.6) is 0 Å². The van der Waals surface area contributed by atoms with E-state index in [0.29, 0.717) is 11.8 Å². The van der Waals surface area contributed by atoms with Crippen LogP contribution in [0.4, 0.5) is 0 Å². The number of carbonyl (C=O) groups excluding carboxylic acids is 1. The van der Waals surface area contributed by atoms with E-state index in [4.69, 9.17) is 10.5 Å². The van der Waals surface area contributed by atoms with Crippen LogP contribution in [0.15, 0.2) is 0 Å². The summed E-state index contributed by atoms with van der Waals surface area (Å²) >= 11 is 0. The molecule has 5 heteroatoms. The number of nitrogens with one attached hydrogen (secondary N) is 1. The Kier molecular flexibility index (Phi) is 5.63. The molecular formula is C16H31N3O2. The Balaban J connectivity index is 2.05. The Bertz CT molecular complexity index is 355. The molecule has 5 nitrogen and oxygen atoms in total. The number of methoxy groups -OCH3 is 1. The maximum absolute atomic E-state index is 12.2. The van der Waals surface area contributed by atoms with Gasteiger partial charge in [-0.2, -0.15) is 0 Å². The van der Waals surface area contributed by atoms with Crippen LogP contribution in [0, 0.1) is 11.8 Å². The van der Waals surface area contributed by atoms with E-state index in [1.165, 1.54) is 12.8 Å². The van der Waals surface area contributed by atoms with E-state index < -0.39 is 5.54 Å². The fourth-order valence-electron chi connectivity index (χ4n) is 3.75. The first-order valence-corrected chi connectivity index (χ1v) is 8.27. The van der Waals surface area contributed by atoms with Gasteiger partial charge >= 0.3 is 0 Å². The Morgan fingerprint density at radius 3 is 2.67 bits per heavy atom. The first-order chi connectivity index (χ1) is 9.98. The number of piperidine rings is 1. The van der Waals surface area contributed by atoms with Gasteiger partial charge in [-0.15, -0.1) is 0 Å². The summed E-state index contributed by atoms with van der Waals surface area (Å²) in [6, 6.07) is 0.262. The average molecular weight is 297 g/mol. The highest BCUT2D eigenvalue weighted by Gasteiger charge is 2.51. The molecule has 1 aliphatic heterocycles. The Morgan fingerprint density at radius 1 is 1.43 bits per heavy atom. The van der Waals surface area contributed by atoms with Crippen molar-refractivity contribution in [1.29, 1.82) is 0 Å². The van der Waals surface area contributed by atoms with Crippen LogP contribution in [0.3, 0.4) is 0 Å². The first kappa shape index (κ1) is 16.7. The van der Waals surface area contributed by atoms with Gasteiger partial charge in [-0.1, -0.05) is 0 Å². The normalized spacial score (nSPS) is 26.8. The molecule has 0 aromatic heterocycles. The van der Waals surface area contributed by atoms with Crippen LogP contribution in [-0.2, 0) is 9.53 Å². The van der Waals surface area contributed by atoms with Gasteiger partial charge in [0.1, 0.15) is 5.54 Å². The molecule has 2 aliphatic rings. The highest BCUT2D eigenvalue weighted by atomic mass is 16.5. The van der Waals surface area contributed by atoms with Crippen molar-refractivity contribution in [3.05, 3.63) is 0 Å². The molecule has 1 saturated carbocycles. The summed E-state index contributed by atoms with van der Waals surface area (Å²) in [6.07, 6.45) is 4.61. The van der Waals surface area contributed by atoms with Gasteiger partial charge in [0.2, 0.25) is 5.91 Å². The predicted octanol–water partition coefficient (Wildman–Crippen LogP) is 0.977. The van der Waals surface area contributed by atoms with E-state index in [1.807, 2.05) is 0 Å². The number of hydrogen-bond acceptors (Lipinski definition) is 4. The van der Waals surface area contributed by atoms with Crippen molar-refractivity contribution in [2.45, 2.75) is 51.1 Å². The minimum absolute atomic E-state index is 0.187. The van der Waals surface area contributed by atoms with Gasteiger partial charge in [-0.25, -0.2) is 0 Å². The summed E-state index contributed by atoms with van der Waals surface area (Å²) < 4.78 is 5.30. The van der Waals surface area contributed by atoms with Crippen molar-refractivity contribution < 1.29 is 9.53 Å². The molecule has 1 amide bonds. The van der Waals surface area contributed by atoms with Crippen LogP contribution >= 0.6 is 0 Å². The zero-order valence-electron chi connectivity index (χ0n) is 13.7. The summed E-state index contributed by atoms with van der Waals surface area (Å²) in [5.41, 5.74) is 5.27. The van der Waals surface area contributed by atoms with Gasteiger partial charge in [-0.3, -0.25) is 10.1 Å². The monoisotopic (exact) mass is 297 g/mol. The van der Waals surface area contributed by atoms with Gasteiger partial charge in [0.25, 0.3) is 0 Å². The Labute approximate surface area is 128 Å². The van der Waals surface area contributed by atoms with Crippen molar-refractivity contribution >= 4 is 5.91 Å². The number of likely N-dealkylation sites (tertiary alicyclic amines) is 1. The molecule has 1 aliphatic carbocycles. The summed E-state index contributed by atoms with van der Waals surface area (Å²) in [5, 5.41) is 3.50. The highest BCUT2D eigenvalue weighted by Crippen LogP contribution is 2.41. The van der Waals surface area contributed by atoms with Crippen molar-refractivity contribution in [3.8, 4) is 0 Å². The summed E-state index contributed by atoms with van der Waals surface area (Å²) in [7, 11) is 1.76. The Hall–Kier alpha value is -0.650. The molecule has 2 atom stereocenters. The standard InChI is InChI=1S/C16H31N3O2/c1-12(2)18-16(15(17)20,14-6-7-14)11-19-8-4-5-13(9-19)10-21-3/h12-14,18H,4-11H2,1-3H3,(H2,17,20). The zero-order valence-corrected chi connectivity index (χ0v) is 13.7. The number of rotatable bonds is 8. The van der Waals surface area contributed by atoms with Crippen LogP contribution < -0.4 is 11.1 Å². The van der Waals surface area contributed by atoms with E-state index in [0.717, 1.165) is 39.1 Å². The number of primary amides is 1. The molecule has 0 spiro atoms. The maximum atomic E-state index is 12.2. The quantitative estimate of drug-likeness (QED) is 0.701. The Morgan fingerprint density at radius 2 is 2.14 bits per heavy atom. The summed E-state index contributed by atoms with van der Waals surface area (Å²) in [4.78, 5) is 14.6. The smallest absolute Gasteiger partial charge is 0.239 e. The van der Waals surface area contributed by atoms with Crippen LogP contribution in [0.25, 0.3) is 0 Å². The molecule has 0 aromatic carbocycles. The van der Waals surface area contributed by atoms with E-state index in [-0.39, 0.29) is 11.9 Å². The molecule has 0 aromatic rings. The topological polar surface area (TPSA) is 67.6 Å². The molecular weight excluding hydrogens is 266 g/mol. The largest absolute Gasteiger partial charge is 0.384 e. The highest BCUT2D eigenvalue weighted by molar-refractivity contribution is 5.86. The van der Waals surface area contributed by atoms with E-state index in [1.54, 1.807) is 7.11 Å². The predicted molar refractivity (Wildman–Crippen MR) is 84.0 cm³/mol. The molecule has 21 heavy (non-hydrogen) atoms. The molecule has 0 bridgehead atoms. The van der Waals surface area contributed by atoms with Crippen LogP contribution in [0.2, 0.25) is 0 Å². The molecule has 122 valence electrons. The first-order valence-electron chi connectivity index (χ1n) is 8.27. The SMILES string of the molecule is COCC1CCCN(CC(NC(C)C)(C(N)=O)C2CC2)C1. The second-order valence-electron chi connectivity index (χ2n) is 7.11. The second kappa shape index (κ2) is 7.07. The third-order valence-corrected chi connectivity index (χ3v) is 4.74. The molecule has 1 saturated heterocycles. The molecule has 2 rings (SSSR count). The van der Waals surface area contributed by atoms with Crippen molar-refractivity contribution in [3.63, 3.8) is 0 Å². The number of amides is 1. The number of carbonyl (C=O) groups is 1. The molecule has 2 fully saturated rings. The van der Waals surface area contributed by atoms with E-state index in [2.05, 4.69) is 24.1 Å². The lowest BCUT2D eigenvalue weighted by molar-refractivity contribution is -0.127. The lowest BCUT2D eigenvalue weighted by atomic mass is 9.88. The van der Waals surface area contributed by atoms with Gasteiger partial charge in [0, 0.05) is 26.2 Å². The van der Waals surface area contributed by atoms with Crippen LogP contribution in [-0.4, -0.2) is 55.7 Å². The maximum Gasteiger partial charge on any atom is 0.239 e. The molecule has 3 N–H and O–H groups in total. The lowest BCUT2D eigenvalue weighted by Crippen LogP contribution is -2.65. The third kappa shape index (κ3) is 4.18. The van der Waals surface area contributed by atoms with Crippen LogP contribution in [0.1, 0.15) is 39.5 Å². The van der Waals surface area contributed by atoms with Gasteiger partial charge < -0.3 is 15.4 Å². The number of nitrogens with zero attached hydrogens (tertiary/aromatic N) is 1. The molecule has 0 radical (unpaired) electrons. The minimum Gasteiger partial charge on any atom is -0.384 e. The van der Waals surface area contributed by atoms with Crippen molar-refractivity contribution in [2.75, 3.05) is 33.4 Å². The van der Waals surface area contributed by atoms with Crippen molar-refractivity contribution in [2.24, 2.45) is 17.6 Å². The lowest BCUT2D eigenvalue weighted by Gasteiger charge is -2.41. The third-order valence-electron chi connectivity index (χ3n) is 4.74. The number of ether oxygens (including phenoxy) is 1. The average Bonchev–Trinajstić information content (AvgIpc) is 3.22. The van der Waals surface area contributed by atoms with Gasteiger partial charge in [-0.05, 0) is 57.9 Å². The van der Waals surface area contributed by atoms with E-state index in [9.17, 15) is 4.79 Å².